The van der Waals surface area contributed by atoms with Gasteiger partial charge in [0.05, 0.1) is 11.0 Å². The van der Waals surface area contributed by atoms with Crippen molar-refractivity contribution in [3.05, 3.63) is 169 Å². The summed E-state index contributed by atoms with van der Waals surface area (Å²) in [5, 5.41) is 4.77. The maximum absolute atomic E-state index is 6.70. The molecule has 250 valence electrons. The Hall–Kier alpha value is -6.85. The van der Waals surface area contributed by atoms with Gasteiger partial charge >= 0.3 is 0 Å². The van der Waals surface area contributed by atoms with E-state index in [1.165, 1.54) is 33.0 Å². The van der Waals surface area contributed by atoms with Crippen LogP contribution in [0.1, 0.15) is 25.0 Å². The molecule has 0 unspecified atom stereocenters. The summed E-state index contributed by atoms with van der Waals surface area (Å²) in [5.74, 6) is 1.94. The van der Waals surface area contributed by atoms with E-state index >= 15 is 0 Å². The predicted molar refractivity (Wildman–Crippen MR) is 215 cm³/mol. The van der Waals surface area contributed by atoms with Crippen molar-refractivity contribution < 1.29 is 4.42 Å². The van der Waals surface area contributed by atoms with Crippen LogP contribution in [0.15, 0.2) is 162 Å². The van der Waals surface area contributed by atoms with Gasteiger partial charge < -0.3 is 8.98 Å². The third kappa shape index (κ3) is 4.34. The van der Waals surface area contributed by atoms with Crippen LogP contribution in [0.3, 0.4) is 0 Å². The fraction of sp³-hybridized carbons (Fsp3) is 0.0625. The Morgan fingerprint density at radius 3 is 1.68 bits per heavy atom. The molecule has 7 aromatic carbocycles. The number of hydrogen-bond donors (Lipinski definition) is 0. The highest BCUT2D eigenvalue weighted by atomic mass is 16.3. The zero-order valence-electron chi connectivity index (χ0n) is 29.2. The third-order valence-corrected chi connectivity index (χ3v) is 11.1. The monoisotopic (exact) mass is 680 g/mol. The summed E-state index contributed by atoms with van der Waals surface area (Å²) in [4.78, 5) is 14.8. The summed E-state index contributed by atoms with van der Waals surface area (Å²) in [5.41, 5.74) is 13.0. The van der Waals surface area contributed by atoms with Crippen LogP contribution in [0.4, 0.5) is 0 Å². The molecule has 10 aromatic rings. The second-order valence-corrected chi connectivity index (χ2v) is 14.4. The first kappa shape index (κ1) is 29.8. The largest absolute Gasteiger partial charge is 0.455 e. The summed E-state index contributed by atoms with van der Waals surface area (Å²) in [6, 6.07) is 55.1. The molecule has 0 radical (unpaired) electrons. The van der Waals surface area contributed by atoms with E-state index in [0.29, 0.717) is 17.5 Å². The van der Waals surface area contributed by atoms with Crippen molar-refractivity contribution >= 4 is 43.7 Å². The Morgan fingerprint density at radius 1 is 0.453 bits per heavy atom. The summed E-state index contributed by atoms with van der Waals surface area (Å²) >= 11 is 0. The fourth-order valence-corrected chi connectivity index (χ4v) is 8.52. The first-order valence-corrected chi connectivity index (χ1v) is 18.0. The Kier molecular flexibility index (Phi) is 6.23. The molecule has 5 heteroatoms. The number of rotatable bonds is 4. The van der Waals surface area contributed by atoms with Crippen LogP contribution in [0.5, 0.6) is 0 Å². The van der Waals surface area contributed by atoms with Crippen molar-refractivity contribution in [2.45, 2.75) is 19.3 Å². The van der Waals surface area contributed by atoms with Crippen molar-refractivity contribution in [3.63, 3.8) is 0 Å². The van der Waals surface area contributed by atoms with E-state index in [1.54, 1.807) is 0 Å². The highest BCUT2D eigenvalue weighted by molar-refractivity contribution is 6.22. The average Bonchev–Trinajstić information content (AvgIpc) is 3.84. The quantitative estimate of drug-likeness (QED) is 0.186. The van der Waals surface area contributed by atoms with E-state index in [0.717, 1.165) is 55.3 Å². The van der Waals surface area contributed by atoms with Crippen molar-refractivity contribution in [2.24, 2.45) is 0 Å². The van der Waals surface area contributed by atoms with Gasteiger partial charge in [0.25, 0.3) is 0 Å². The molecule has 0 amide bonds. The maximum atomic E-state index is 6.70. The van der Waals surface area contributed by atoms with E-state index in [2.05, 4.69) is 109 Å². The molecule has 0 saturated carbocycles. The normalized spacial score (nSPS) is 13.2. The molecule has 0 atom stereocenters. The van der Waals surface area contributed by atoms with Crippen molar-refractivity contribution in [3.8, 4) is 51.0 Å². The highest BCUT2D eigenvalue weighted by Gasteiger charge is 2.39. The molecular weight excluding hydrogens is 649 g/mol. The lowest BCUT2D eigenvalue weighted by molar-refractivity contribution is 0.653. The van der Waals surface area contributed by atoms with Gasteiger partial charge in [0.1, 0.15) is 11.2 Å². The topological polar surface area (TPSA) is 56.7 Å². The molecule has 0 spiro atoms. The lowest BCUT2D eigenvalue weighted by Crippen LogP contribution is -2.14. The van der Waals surface area contributed by atoms with Gasteiger partial charge in [0.15, 0.2) is 17.5 Å². The van der Waals surface area contributed by atoms with E-state index in [9.17, 15) is 0 Å². The van der Waals surface area contributed by atoms with E-state index in [4.69, 9.17) is 19.4 Å². The number of aromatic nitrogens is 4. The van der Waals surface area contributed by atoms with Gasteiger partial charge in [-0.2, -0.15) is 0 Å². The number of para-hydroxylation sites is 2. The molecule has 0 saturated heterocycles. The van der Waals surface area contributed by atoms with Crippen molar-refractivity contribution in [1.82, 2.24) is 19.5 Å². The van der Waals surface area contributed by atoms with E-state index in [-0.39, 0.29) is 5.41 Å². The average molecular weight is 681 g/mol. The van der Waals surface area contributed by atoms with E-state index in [1.807, 2.05) is 66.7 Å². The first-order chi connectivity index (χ1) is 26.0. The minimum absolute atomic E-state index is 0.182. The molecule has 0 aliphatic heterocycles. The highest BCUT2D eigenvalue weighted by Crippen LogP contribution is 2.56. The van der Waals surface area contributed by atoms with Gasteiger partial charge in [0.2, 0.25) is 0 Å². The predicted octanol–water partition coefficient (Wildman–Crippen LogP) is 12.2. The van der Waals surface area contributed by atoms with Gasteiger partial charge in [-0.1, -0.05) is 129 Å². The molecule has 3 aromatic heterocycles. The van der Waals surface area contributed by atoms with Crippen molar-refractivity contribution in [1.29, 1.82) is 0 Å². The minimum atomic E-state index is -0.182. The Labute approximate surface area is 305 Å². The van der Waals surface area contributed by atoms with Gasteiger partial charge in [0, 0.05) is 54.9 Å². The van der Waals surface area contributed by atoms with Crippen molar-refractivity contribution in [2.75, 3.05) is 0 Å². The second kappa shape index (κ2) is 11.1. The number of nitrogens with zero attached hydrogens (tertiary/aromatic N) is 4. The van der Waals surface area contributed by atoms with Crippen LogP contribution in [0.25, 0.3) is 94.7 Å². The SMILES string of the molecule is CC1(C)c2ccc3c(oc4ccccc43)c2-c2c1ccc1c2c2ccccc2n1-c1ccc(-c2nc(-c3ccccc3)nc(-c3ccccc3)n2)cc1. The van der Waals surface area contributed by atoms with Crippen LogP contribution < -0.4 is 0 Å². The molecule has 0 bridgehead atoms. The van der Waals surface area contributed by atoms with E-state index < -0.39 is 0 Å². The lowest BCUT2D eigenvalue weighted by atomic mass is 9.82. The smallest absolute Gasteiger partial charge is 0.164 e. The molecule has 5 nitrogen and oxygen atoms in total. The van der Waals surface area contributed by atoms with Gasteiger partial charge in [-0.05, 0) is 59.2 Å². The third-order valence-electron chi connectivity index (χ3n) is 11.1. The number of hydrogen-bond acceptors (Lipinski definition) is 4. The van der Waals surface area contributed by atoms with Crippen LogP contribution >= 0.6 is 0 Å². The molecule has 1 aliphatic carbocycles. The zero-order chi connectivity index (χ0) is 35.3. The lowest BCUT2D eigenvalue weighted by Gasteiger charge is -2.21. The molecule has 11 rings (SSSR count). The summed E-state index contributed by atoms with van der Waals surface area (Å²) in [6.45, 7) is 4.67. The second-order valence-electron chi connectivity index (χ2n) is 14.4. The summed E-state index contributed by atoms with van der Waals surface area (Å²) < 4.78 is 9.09. The zero-order valence-corrected chi connectivity index (χ0v) is 29.2. The number of furan rings is 1. The number of benzene rings is 7. The summed E-state index contributed by atoms with van der Waals surface area (Å²) in [6.07, 6.45) is 0. The standard InChI is InChI=1S/C48H32N4O/c1-48(2)36-27-28-39-41(42(36)43-37(48)26-25-34-33-17-10-12-20-40(33)53-44(34)43)35-18-9-11-19-38(35)52(39)32-23-21-31(22-24-32)47-50-45(29-13-5-3-6-14-29)49-46(51-47)30-15-7-4-8-16-30/h3-28H,1-2H3. The van der Waals surface area contributed by atoms with Crippen LogP contribution in [-0.4, -0.2) is 19.5 Å². The Bertz CT molecular complexity index is 3010. The maximum Gasteiger partial charge on any atom is 0.164 e. The molecule has 0 fully saturated rings. The molecule has 1 aliphatic rings. The van der Waals surface area contributed by atoms with Crippen LogP contribution in [-0.2, 0) is 5.41 Å². The molecule has 0 N–H and O–H groups in total. The first-order valence-electron chi connectivity index (χ1n) is 18.0. The van der Waals surface area contributed by atoms with Gasteiger partial charge in [-0.25, -0.2) is 15.0 Å². The molecule has 53 heavy (non-hydrogen) atoms. The Morgan fingerprint density at radius 2 is 1.00 bits per heavy atom. The van der Waals surface area contributed by atoms with Crippen LogP contribution in [0.2, 0.25) is 0 Å². The van der Waals surface area contributed by atoms with Crippen LogP contribution in [0, 0.1) is 0 Å². The van der Waals surface area contributed by atoms with Gasteiger partial charge in [-0.3, -0.25) is 0 Å². The number of fused-ring (bicyclic) bond motifs is 11. The molecular formula is C48H32N4O. The fourth-order valence-electron chi connectivity index (χ4n) is 8.52. The van der Waals surface area contributed by atoms with Gasteiger partial charge in [-0.15, -0.1) is 0 Å². The Balaban J connectivity index is 1.11. The summed E-state index contributed by atoms with van der Waals surface area (Å²) in [7, 11) is 0. The molecule has 3 heterocycles. The minimum Gasteiger partial charge on any atom is -0.455 e.